The molecule has 0 aliphatic rings. The van der Waals surface area contributed by atoms with E-state index in [-0.39, 0.29) is 10.8 Å². The van der Waals surface area contributed by atoms with Crippen LogP contribution < -0.4 is 0 Å². The lowest BCUT2D eigenvalue weighted by Crippen LogP contribution is -2.12. The maximum absolute atomic E-state index is 12.4. The maximum atomic E-state index is 12.4. The predicted octanol–water partition coefficient (Wildman–Crippen LogP) is 1.04. The third-order valence-corrected chi connectivity index (χ3v) is 6.77. The summed E-state index contributed by atoms with van der Waals surface area (Å²) in [7, 11) is -13.3. The van der Waals surface area contributed by atoms with Gasteiger partial charge in [0, 0.05) is 5.39 Å². The summed E-state index contributed by atoms with van der Waals surface area (Å²) in [6.45, 7) is 0. The highest BCUT2D eigenvalue weighted by Crippen LogP contribution is 2.36. The van der Waals surface area contributed by atoms with Gasteiger partial charge in [-0.05, 0) is 17.5 Å². The van der Waals surface area contributed by atoms with Crippen molar-refractivity contribution in [3.63, 3.8) is 0 Å². The van der Waals surface area contributed by atoms with Crippen LogP contribution in [0.5, 0.6) is 0 Å². The Bertz CT molecular complexity index is 1000. The molecule has 0 bridgehead atoms. The molecule has 0 heterocycles. The highest BCUT2D eigenvalue weighted by molar-refractivity contribution is 7.92. The van der Waals surface area contributed by atoms with Gasteiger partial charge in [-0.2, -0.15) is 8.42 Å². The van der Waals surface area contributed by atoms with Crippen LogP contribution in [0, 0.1) is 0 Å². The summed E-state index contributed by atoms with van der Waals surface area (Å²) in [4.78, 5) is 16.7. The van der Waals surface area contributed by atoms with Gasteiger partial charge in [0.15, 0.2) is 9.84 Å². The number of sulfone groups is 1. The molecule has 2 aromatic rings. The third-order valence-electron chi connectivity index (χ3n) is 3.08. The minimum atomic E-state index is -4.64. The Balaban J connectivity index is 2.70. The average Bonchev–Trinajstić information content (AvgIpc) is 2.42. The van der Waals surface area contributed by atoms with Crippen molar-refractivity contribution in [1.82, 2.24) is 0 Å². The first-order valence-corrected chi connectivity index (χ1v) is 11.1. The zero-order valence-electron chi connectivity index (χ0n) is 11.5. The van der Waals surface area contributed by atoms with Crippen molar-refractivity contribution in [2.75, 3.05) is 11.9 Å². The molecule has 3 N–H and O–H groups in total. The molecule has 0 fully saturated rings. The van der Waals surface area contributed by atoms with Gasteiger partial charge in [0.2, 0.25) is 0 Å². The predicted molar refractivity (Wildman–Crippen MR) is 82.7 cm³/mol. The molecule has 0 aliphatic heterocycles. The molecule has 23 heavy (non-hydrogen) atoms. The second-order valence-electron chi connectivity index (χ2n) is 4.82. The molecule has 126 valence electrons. The van der Waals surface area contributed by atoms with Crippen LogP contribution >= 0.6 is 7.60 Å². The molecule has 0 unspecified atom stereocenters. The van der Waals surface area contributed by atoms with E-state index in [4.69, 9.17) is 14.3 Å². The van der Waals surface area contributed by atoms with Crippen molar-refractivity contribution in [3.05, 3.63) is 36.4 Å². The minimum absolute atomic E-state index is 0.200. The summed E-state index contributed by atoms with van der Waals surface area (Å²) in [6.07, 6.45) is -0.889. The van der Waals surface area contributed by atoms with Gasteiger partial charge in [-0.1, -0.05) is 24.3 Å². The van der Waals surface area contributed by atoms with Crippen LogP contribution in [0.25, 0.3) is 10.8 Å². The minimum Gasteiger partial charge on any atom is -0.324 e. The number of hydrogen-bond donors (Lipinski definition) is 3. The lowest BCUT2D eigenvalue weighted by atomic mass is 10.1. The first kappa shape index (κ1) is 18.1. The largest absolute Gasteiger partial charge is 0.326 e. The topological polar surface area (TPSA) is 146 Å². The second kappa shape index (κ2) is 5.97. The van der Waals surface area contributed by atoms with Gasteiger partial charge in [-0.3, -0.25) is 9.12 Å². The van der Waals surface area contributed by atoms with Crippen molar-refractivity contribution >= 4 is 38.3 Å². The maximum Gasteiger partial charge on any atom is 0.326 e. The molecule has 11 heteroatoms. The zero-order valence-corrected chi connectivity index (χ0v) is 14.1. The molecule has 0 saturated heterocycles. The van der Waals surface area contributed by atoms with Crippen molar-refractivity contribution in [1.29, 1.82) is 0 Å². The van der Waals surface area contributed by atoms with Crippen LogP contribution in [0.4, 0.5) is 0 Å². The second-order valence-corrected chi connectivity index (χ2v) is 10.1. The molecule has 8 nitrogen and oxygen atoms in total. The Hall–Kier alpha value is -1.29. The molecule has 0 radical (unpaired) electrons. The van der Waals surface area contributed by atoms with E-state index < -0.39 is 49.3 Å². The van der Waals surface area contributed by atoms with E-state index in [2.05, 4.69) is 0 Å². The molecule has 2 aromatic carbocycles. The van der Waals surface area contributed by atoms with Gasteiger partial charge < -0.3 is 9.79 Å². The number of rotatable bonds is 5. The van der Waals surface area contributed by atoms with Crippen LogP contribution in [0.2, 0.25) is 0 Å². The quantitative estimate of drug-likeness (QED) is 0.515. The van der Waals surface area contributed by atoms with Crippen LogP contribution in [-0.2, 0) is 24.5 Å². The van der Waals surface area contributed by atoms with E-state index in [0.717, 1.165) is 12.1 Å². The van der Waals surface area contributed by atoms with Crippen molar-refractivity contribution < 1.29 is 35.7 Å². The molecular weight excluding hydrogens is 367 g/mol. The lowest BCUT2D eigenvalue weighted by Gasteiger charge is -2.11. The number of fused-ring (bicyclic) bond motifs is 1. The Labute approximate surface area is 132 Å². The molecule has 0 aliphatic carbocycles. The fourth-order valence-corrected chi connectivity index (χ4v) is 5.58. The molecule has 0 saturated carbocycles. The van der Waals surface area contributed by atoms with Gasteiger partial charge in [0.25, 0.3) is 10.1 Å². The van der Waals surface area contributed by atoms with Gasteiger partial charge in [0.05, 0.1) is 21.7 Å². The molecular formula is C12H13O8PS2. The summed E-state index contributed by atoms with van der Waals surface area (Å²) < 4.78 is 67.4. The van der Waals surface area contributed by atoms with Crippen molar-refractivity contribution in [2.45, 2.75) is 9.79 Å². The van der Waals surface area contributed by atoms with E-state index in [1.165, 1.54) is 18.2 Å². The number of benzene rings is 2. The molecule has 0 aromatic heterocycles. The first-order valence-electron chi connectivity index (χ1n) is 6.18. The van der Waals surface area contributed by atoms with Crippen LogP contribution in [0.15, 0.2) is 46.2 Å². The van der Waals surface area contributed by atoms with Crippen LogP contribution in [-0.4, -0.2) is 43.1 Å². The monoisotopic (exact) mass is 380 g/mol. The van der Waals surface area contributed by atoms with Crippen LogP contribution in [0.1, 0.15) is 0 Å². The molecule has 2 rings (SSSR count). The van der Waals surface area contributed by atoms with E-state index in [0.29, 0.717) is 0 Å². The third kappa shape index (κ3) is 4.37. The Morgan fingerprint density at radius 3 is 2.17 bits per heavy atom. The van der Waals surface area contributed by atoms with Crippen LogP contribution in [0.3, 0.4) is 0 Å². The zero-order chi connectivity index (χ0) is 17.5. The summed E-state index contributed by atoms with van der Waals surface area (Å²) in [6, 6.07) is 7.90. The fourth-order valence-electron chi connectivity index (χ4n) is 2.00. The van der Waals surface area contributed by atoms with E-state index >= 15 is 0 Å². The fraction of sp³-hybridized carbons (Fsp3) is 0.167. The van der Waals surface area contributed by atoms with Gasteiger partial charge >= 0.3 is 7.60 Å². The van der Waals surface area contributed by atoms with E-state index in [1.807, 2.05) is 0 Å². The standard InChI is InChI=1S/C12H13O8PS2/c13-21(14,15)5-6-22(16,17)12-8-10(23(18,19)20)7-9-3-1-2-4-11(9)12/h1-4,7-8H,5-6H2,(H2,13,14,15)(H,18,19,20). The molecule has 0 atom stereocenters. The number of hydrogen-bond acceptors (Lipinski definition) is 5. The smallest absolute Gasteiger partial charge is 0.324 e. The average molecular weight is 380 g/mol. The summed E-state index contributed by atoms with van der Waals surface area (Å²) in [5.41, 5.74) is 0. The Morgan fingerprint density at radius 1 is 1.00 bits per heavy atom. The van der Waals surface area contributed by atoms with Crippen molar-refractivity contribution in [2.24, 2.45) is 0 Å². The summed E-state index contributed by atoms with van der Waals surface area (Å²) >= 11 is 0. The van der Waals surface area contributed by atoms with E-state index in [9.17, 15) is 21.4 Å². The highest BCUT2D eigenvalue weighted by atomic mass is 32.2. The normalized spacial score (nSPS) is 13.3. The highest BCUT2D eigenvalue weighted by Gasteiger charge is 2.25. The first-order chi connectivity index (χ1) is 10.4. The van der Waals surface area contributed by atoms with Gasteiger partial charge in [-0.25, -0.2) is 8.42 Å². The van der Waals surface area contributed by atoms with E-state index in [1.54, 1.807) is 6.07 Å². The van der Waals surface area contributed by atoms with Gasteiger partial charge in [0.1, 0.15) is 0 Å². The SMILES string of the molecule is O=P(O)(O)CCS(=O)(=O)c1cc(S(=O)(=O)O)cc2ccccc12. The van der Waals surface area contributed by atoms with Gasteiger partial charge in [-0.15, -0.1) is 0 Å². The molecule has 0 amide bonds. The Morgan fingerprint density at radius 2 is 1.61 bits per heavy atom. The lowest BCUT2D eigenvalue weighted by molar-refractivity contribution is 0.374. The summed E-state index contributed by atoms with van der Waals surface area (Å²) in [5.74, 6) is -0.851. The Kier molecular flexibility index (Phi) is 4.69. The van der Waals surface area contributed by atoms with Crippen molar-refractivity contribution in [3.8, 4) is 0 Å². The molecule has 0 spiro atoms. The summed E-state index contributed by atoms with van der Waals surface area (Å²) in [5, 5.41) is 0.461.